The molecule has 1 heterocycles. The van der Waals surface area contributed by atoms with Gasteiger partial charge in [0.1, 0.15) is 30.5 Å². The summed E-state index contributed by atoms with van der Waals surface area (Å²) in [7, 11) is -5.03. The Hall–Kier alpha value is -0.900. The molecule has 0 aromatic heterocycles. The van der Waals surface area contributed by atoms with Crippen molar-refractivity contribution in [3.05, 3.63) is 0 Å². The zero-order valence-electron chi connectivity index (χ0n) is 23.4. The van der Waals surface area contributed by atoms with E-state index in [0.29, 0.717) is 6.61 Å². The number of aliphatic hydroxyl groups excluding tert-OH is 3. The van der Waals surface area contributed by atoms with Crippen molar-refractivity contribution >= 4 is 16.4 Å². The summed E-state index contributed by atoms with van der Waals surface area (Å²) in [5.74, 6) is -0.487. The number of hydrogen-bond donors (Lipinski definition) is 4. The van der Waals surface area contributed by atoms with Crippen LogP contribution in [0.5, 0.6) is 0 Å². The molecule has 0 aliphatic carbocycles. The average Bonchev–Trinajstić information content (AvgIpc) is 2.89. The van der Waals surface area contributed by atoms with Crippen molar-refractivity contribution in [1.29, 1.82) is 0 Å². The SMILES string of the molecule is CCCCCCCCCCCCCCOCC(COC1OC(CO)C(O)C(OS(=O)(=O)O)C1O)OC(=O)CC. The predicted molar refractivity (Wildman–Crippen MR) is 142 cm³/mol. The molecule has 13 heteroatoms. The first-order chi connectivity index (χ1) is 18.6. The number of carbonyl (C=O) groups excluding carboxylic acids is 1. The minimum atomic E-state index is -5.03. The molecule has 6 atom stereocenters. The maximum atomic E-state index is 11.8. The molecule has 1 saturated heterocycles. The summed E-state index contributed by atoms with van der Waals surface area (Å²) in [5, 5.41) is 29.9. The molecule has 0 amide bonds. The van der Waals surface area contributed by atoms with E-state index < -0.39 is 59.8 Å². The smallest absolute Gasteiger partial charge is 0.397 e. The molecule has 0 bridgehead atoms. The van der Waals surface area contributed by atoms with E-state index in [-0.39, 0.29) is 19.6 Å². The molecular formula is C26H50O12S. The van der Waals surface area contributed by atoms with Crippen LogP contribution in [-0.2, 0) is 38.3 Å². The highest BCUT2D eigenvalue weighted by Crippen LogP contribution is 2.25. The molecule has 0 aromatic rings. The molecule has 0 aromatic carbocycles. The van der Waals surface area contributed by atoms with Crippen LogP contribution in [0.4, 0.5) is 0 Å². The number of rotatable bonds is 23. The van der Waals surface area contributed by atoms with Gasteiger partial charge in [0.05, 0.1) is 19.8 Å². The third-order valence-electron chi connectivity index (χ3n) is 6.53. The summed E-state index contributed by atoms with van der Waals surface area (Å²) < 4.78 is 57.3. The first-order valence-corrected chi connectivity index (χ1v) is 15.7. The largest absolute Gasteiger partial charge is 0.457 e. The summed E-state index contributed by atoms with van der Waals surface area (Å²) in [4.78, 5) is 11.8. The van der Waals surface area contributed by atoms with E-state index in [2.05, 4.69) is 11.1 Å². The highest BCUT2D eigenvalue weighted by Gasteiger charge is 2.48. The van der Waals surface area contributed by atoms with E-state index >= 15 is 0 Å². The fourth-order valence-corrected chi connectivity index (χ4v) is 4.80. The Morgan fingerprint density at radius 2 is 1.44 bits per heavy atom. The molecule has 0 radical (unpaired) electrons. The van der Waals surface area contributed by atoms with Crippen LogP contribution < -0.4 is 0 Å². The highest BCUT2D eigenvalue weighted by atomic mass is 32.3. The number of ether oxygens (including phenoxy) is 4. The molecule has 0 spiro atoms. The Morgan fingerprint density at radius 1 is 0.872 bits per heavy atom. The fourth-order valence-electron chi connectivity index (χ4n) is 4.29. The van der Waals surface area contributed by atoms with Gasteiger partial charge in [-0.1, -0.05) is 84.5 Å². The van der Waals surface area contributed by atoms with Gasteiger partial charge in [-0.3, -0.25) is 9.35 Å². The van der Waals surface area contributed by atoms with Gasteiger partial charge in [-0.2, -0.15) is 8.42 Å². The number of esters is 1. The van der Waals surface area contributed by atoms with Crippen molar-refractivity contribution in [2.45, 2.75) is 134 Å². The number of carbonyl (C=O) groups is 1. The van der Waals surface area contributed by atoms with Crippen LogP contribution in [0, 0.1) is 0 Å². The molecule has 4 N–H and O–H groups in total. The second kappa shape index (κ2) is 20.9. The van der Waals surface area contributed by atoms with Crippen molar-refractivity contribution in [1.82, 2.24) is 0 Å². The van der Waals surface area contributed by atoms with Crippen LogP contribution in [0.1, 0.15) is 97.3 Å². The molecule has 1 aliphatic heterocycles. The first kappa shape index (κ1) is 36.1. The van der Waals surface area contributed by atoms with E-state index in [1.165, 1.54) is 57.8 Å². The Bertz CT molecular complexity index is 734. The Balaban J connectivity index is 2.38. The third-order valence-corrected chi connectivity index (χ3v) is 7.00. The average molecular weight is 587 g/mol. The molecule has 6 unspecified atom stereocenters. The summed E-state index contributed by atoms with van der Waals surface area (Å²) >= 11 is 0. The van der Waals surface area contributed by atoms with Crippen molar-refractivity contribution in [3.63, 3.8) is 0 Å². The maximum absolute atomic E-state index is 11.8. The molecule has 39 heavy (non-hydrogen) atoms. The lowest BCUT2D eigenvalue weighted by molar-refractivity contribution is -0.301. The fraction of sp³-hybridized carbons (Fsp3) is 0.962. The van der Waals surface area contributed by atoms with Gasteiger partial charge in [0.2, 0.25) is 0 Å². The van der Waals surface area contributed by atoms with E-state index in [1.54, 1.807) is 6.92 Å². The minimum absolute atomic E-state index is 0.0313. The van der Waals surface area contributed by atoms with Crippen LogP contribution >= 0.6 is 0 Å². The van der Waals surface area contributed by atoms with E-state index in [1.807, 2.05) is 0 Å². The number of hydrogen-bond acceptors (Lipinski definition) is 11. The standard InChI is InChI=1S/C26H50O12S/c1-3-5-6-7-8-9-10-11-12-13-14-15-16-34-18-20(36-22(28)4-2)19-35-26-24(30)25(38-39(31,32)33)23(29)21(17-27)37-26/h20-21,23-27,29-30H,3-19H2,1-2H3,(H,31,32,33). The van der Waals surface area contributed by atoms with Gasteiger partial charge in [0, 0.05) is 13.0 Å². The van der Waals surface area contributed by atoms with Gasteiger partial charge in [0.15, 0.2) is 6.29 Å². The zero-order valence-corrected chi connectivity index (χ0v) is 24.3. The lowest BCUT2D eigenvalue weighted by Crippen LogP contribution is -2.60. The molecular weight excluding hydrogens is 536 g/mol. The van der Waals surface area contributed by atoms with Gasteiger partial charge < -0.3 is 34.3 Å². The van der Waals surface area contributed by atoms with Crippen molar-refractivity contribution in [2.24, 2.45) is 0 Å². The predicted octanol–water partition coefficient (Wildman–Crippen LogP) is 2.67. The van der Waals surface area contributed by atoms with E-state index in [4.69, 9.17) is 23.5 Å². The second-order valence-corrected chi connectivity index (χ2v) is 11.0. The van der Waals surface area contributed by atoms with E-state index in [9.17, 15) is 28.5 Å². The molecule has 232 valence electrons. The van der Waals surface area contributed by atoms with Gasteiger partial charge in [-0.25, -0.2) is 4.18 Å². The Labute approximate surface area is 233 Å². The van der Waals surface area contributed by atoms with E-state index in [0.717, 1.165) is 19.3 Å². The normalized spacial score (nSPS) is 24.5. The Morgan fingerprint density at radius 3 is 1.95 bits per heavy atom. The lowest BCUT2D eigenvalue weighted by atomic mass is 9.99. The highest BCUT2D eigenvalue weighted by molar-refractivity contribution is 7.80. The topological polar surface area (TPSA) is 178 Å². The third kappa shape index (κ3) is 16.2. The Kier molecular flexibility index (Phi) is 19.4. The molecule has 12 nitrogen and oxygen atoms in total. The van der Waals surface area contributed by atoms with Crippen LogP contribution in [0.2, 0.25) is 0 Å². The van der Waals surface area contributed by atoms with Crippen molar-refractivity contribution < 1.29 is 56.2 Å². The quantitative estimate of drug-likeness (QED) is 0.0783. The van der Waals surface area contributed by atoms with Crippen LogP contribution in [-0.4, -0.2) is 97.5 Å². The van der Waals surface area contributed by atoms with Crippen LogP contribution in [0.25, 0.3) is 0 Å². The monoisotopic (exact) mass is 586 g/mol. The zero-order chi connectivity index (χ0) is 29.1. The summed E-state index contributed by atoms with van der Waals surface area (Å²) in [6.45, 7) is 3.35. The maximum Gasteiger partial charge on any atom is 0.397 e. The number of aliphatic hydroxyl groups is 3. The van der Waals surface area contributed by atoms with Gasteiger partial charge in [-0.05, 0) is 6.42 Å². The van der Waals surface area contributed by atoms with Crippen molar-refractivity contribution in [3.8, 4) is 0 Å². The first-order valence-electron chi connectivity index (χ1n) is 14.3. The molecule has 1 aliphatic rings. The molecule has 1 fully saturated rings. The minimum Gasteiger partial charge on any atom is -0.457 e. The molecule has 1 rings (SSSR count). The summed E-state index contributed by atoms with van der Waals surface area (Å²) in [5.41, 5.74) is 0. The van der Waals surface area contributed by atoms with Crippen LogP contribution in [0.3, 0.4) is 0 Å². The molecule has 0 saturated carbocycles. The summed E-state index contributed by atoms with van der Waals surface area (Å²) in [6.07, 6.45) is 5.64. The van der Waals surface area contributed by atoms with Gasteiger partial charge >= 0.3 is 16.4 Å². The van der Waals surface area contributed by atoms with Crippen LogP contribution in [0.15, 0.2) is 0 Å². The van der Waals surface area contributed by atoms with Gasteiger partial charge in [-0.15, -0.1) is 0 Å². The van der Waals surface area contributed by atoms with Crippen molar-refractivity contribution in [2.75, 3.05) is 26.4 Å². The van der Waals surface area contributed by atoms with Gasteiger partial charge in [0.25, 0.3) is 0 Å². The summed E-state index contributed by atoms with van der Waals surface area (Å²) in [6, 6.07) is 0. The second-order valence-electron chi connectivity index (χ2n) is 9.96. The lowest BCUT2D eigenvalue weighted by Gasteiger charge is -2.41. The number of unbranched alkanes of at least 4 members (excludes halogenated alkanes) is 11.